The molecule has 1 aliphatic rings. The van der Waals surface area contributed by atoms with Crippen LogP contribution in [0.4, 0.5) is 0 Å². The molecule has 0 radical (unpaired) electrons. The molecule has 80 valence electrons. The van der Waals surface area contributed by atoms with Crippen molar-refractivity contribution in [1.82, 2.24) is 6.15 Å². The van der Waals surface area contributed by atoms with Crippen molar-refractivity contribution in [3.63, 3.8) is 0 Å². The van der Waals surface area contributed by atoms with Gasteiger partial charge in [-0.05, 0) is 11.8 Å². The molecule has 1 aliphatic heterocycles. The van der Waals surface area contributed by atoms with Gasteiger partial charge in [0, 0.05) is 5.41 Å². The Morgan fingerprint density at radius 3 is 2.15 bits per heavy atom. The van der Waals surface area contributed by atoms with Crippen LogP contribution in [0, 0.1) is 17.3 Å². The van der Waals surface area contributed by atoms with Gasteiger partial charge in [-0.15, -0.1) is 0 Å². The average molecular weight is 187 g/mol. The van der Waals surface area contributed by atoms with Crippen molar-refractivity contribution in [2.45, 2.75) is 47.1 Å². The zero-order chi connectivity index (χ0) is 9.35. The van der Waals surface area contributed by atoms with Gasteiger partial charge in [0.15, 0.2) is 0 Å². The van der Waals surface area contributed by atoms with Gasteiger partial charge < -0.3 is 10.9 Å². The monoisotopic (exact) mass is 187 g/mol. The van der Waals surface area contributed by atoms with Crippen molar-refractivity contribution in [3.05, 3.63) is 0 Å². The molecule has 0 aromatic carbocycles. The Labute approximate surface area is 82.6 Å². The Morgan fingerprint density at radius 1 is 1.38 bits per heavy atom. The first-order valence-corrected chi connectivity index (χ1v) is 5.10. The molecule has 1 rings (SSSR count). The third-order valence-electron chi connectivity index (χ3n) is 3.42. The van der Waals surface area contributed by atoms with Gasteiger partial charge in [0.05, 0.1) is 12.7 Å². The zero-order valence-electron chi connectivity index (χ0n) is 9.76. The summed E-state index contributed by atoms with van der Waals surface area (Å²) in [5.41, 5.74) is 0.419. The summed E-state index contributed by atoms with van der Waals surface area (Å²) in [4.78, 5) is 0. The predicted octanol–water partition coefficient (Wildman–Crippen LogP) is 3.26. The van der Waals surface area contributed by atoms with E-state index in [4.69, 9.17) is 4.74 Å². The molecule has 0 spiro atoms. The molecule has 1 heterocycles. The van der Waals surface area contributed by atoms with E-state index in [1.54, 1.807) is 0 Å². The van der Waals surface area contributed by atoms with E-state index >= 15 is 0 Å². The van der Waals surface area contributed by atoms with E-state index in [1.807, 2.05) is 0 Å². The molecule has 2 nitrogen and oxygen atoms in total. The quantitative estimate of drug-likeness (QED) is 0.737. The third-order valence-corrected chi connectivity index (χ3v) is 3.42. The molecule has 3 N–H and O–H groups in total. The standard InChI is InChI=1S/C11H22O.H3N/c1-6-8(2)9(3)10-11(4,5)7-12-10;/h8-10H,6-7H2,1-5H3;1H3. The number of hydrogen-bond acceptors (Lipinski definition) is 2. The molecule has 0 amide bonds. The van der Waals surface area contributed by atoms with Gasteiger partial charge in [0.2, 0.25) is 0 Å². The lowest BCUT2D eigenvalue weighted by molar-refractivity contribution is -0.198. The van der Waals surface area contributed by atoms with Gasteiger partial charge >= 0.3 is 0 Å². The van der Waals surface area contributed by atoms with Gasteiger partial charge in [-0.3, -0.25) is 0 Å². The highest BCUT2D eigenvalue weighted by Crippen LogP contribution is 2.41. The van der Waals surface area contributed by atoms with Crippen LogP contribution in [0.25, 0.3) is 0 Å². The molecule has 0 saturated carbocycles. The second-order valence-electron chi connectivity index (χ2n) is 4.96. The largest absolute Gasteiger partial charge is 0.377 e. The van der Waals surface area contributed by atoms with Crippen molar-refractivity contribution in [1.29, 1.82) is 0 Å². The lowest BCUT2D eigenvalue weighted by Gasteiger charge is -2.49. The first-order valence-electron chi connectivity index (χ1n) is 5.10. The lowest BCUT2D eigenvalue weighted by atomic mass is 9.72. The number of ether oxygens (including phenoxy) is 1. The first kappa shape index (κ1) is 12.9. The van der Waals surface area contributed by atoms with Gasteiger partial charge in [-0.25, -0.2) is 0 Å². The SMILES string of the molecule is CCC(C)C(C)C1OCC1(C)C.N. The molecule has 1 saturated heterocycles. The van der Waals surface area contributed by atoms with Crippen LogP contribution >= 0.6 is 0 Å². The van der Waals surface area contributed by atoms with E-state index < -0.39 is 0 Å². The maximum atomic E-state index is 5.63. The minimum absolute atomic E-state index is 0. The Balaban J connectivity index is 0.00000144. The van der Waals surface area contributed by atoms with Crippen LogP contribution in [0.5, 0.6) is 0 Å². The summed E-state index contributed by atoms with van der Waals surface area (Å²) >= 11 is 0. The van der Waals surface area contributed by atoms with Crippen LogP contribution in [-0.2, 0) is 4.74 Å². The van der Waals surface area contributed by atoms with E-state index in [-0.39, 0.29) is 6.15 Å². The van der Waals surface area contributed by atoms with Gasteiger partial charge in [-0.2, -0.15) is 0 Å². The normalized spacial score (nSPS) is 29.8. The minimum atomic E-state index is 0. The molecule has 0 aromatic rings. The van der Waals surface area contributed by atoms with Gasteiger partial charge in [0.25, 0.3) is 0 Å². The van der Waals surface area contributed by atoms with Crippen LogP contribution in [0.3, 0.4) is 0 Å². The molecule has 13 heavy (non-hydrogen) atoms. The smallest absolute Gasteiger partial charge is 0.0676 e. The molecule has 0 bridgehead atoms. The summed E-state index contributed by atoms with van der Waals surface area (Å²) < 4.78 is 5.63. The fourth-order valence-corrected chi connectivity index (χ4v) is 2.05. The molecule has 2 heteroatoms. The zero-order valence-corrected chi connectivity index (χ0v) is 9.76. The van der Waals surface area contributed by atoms with Crippen LogP contribution in [0.1, 0.15) is 41.0 Å². The van der Waals surface area contributed by atoms with Crippen molar-refractivity contribution in [2.75, 3.05) is 6.61 Å². The summed E-state index contributed by atoms with van der Waals surface area (Å²) in [6.07, 6.45) is 1.75. The lowest BCUT2D eigenvalue weighted by Crippen LogP contribution is -2.52. The van der Waals surface area contributed by atoms with Crippen molar-refractivity contribution >= 4 is 0 Å². The van der Waals surface area contributed by atoms with E-state index in [2.05, 4.69) is 34.6 Å². The average Bonchev–Trinajstić information content (AvgIpc) is 2.01. The molecular weight excluding hydrogens is 162 g/mol. The number of hydrogen-bond donors (Lipinski definition) is 1. The molecular formula is C11H25NO. The van der Waals surface area contributed by atoms with Gasteiger partial charge in [-0.1, -0.05) is 41.0 Å². The Morgan fingerprint density at radius 2 is 1.92 bits per heavy atom. The van der Waals surface area contributed by atoms with E-state index in [9.17, 15) is 0 Å². The fraction of sp³-hybridized carbons (Fsp3) is 1.00. The highest BCUT2D eigenvalue weighted by molar-refractivity contribution is 4.91. The second-order valence-corrected chi connectivity index (χ2v) is 4.96. The fourth-order valence-electron chi connectivity index (χ4n) is 2.05. The van der Waals surface area contributed by atoms with E-state index in [0.717, 1.165) is 12.5 Å². The Hall–Kier alpha value is -0.0800. The first-order chi connectivity index (χ1) is 5.49. The van der Waals surface area contributed by atoms with Crippen molar-refractivity contribution in [3.8, 4) is 0 Å². The van der Waals surface area contributed by atoms with E-state index in [0.29, 0.717) is 17.4 Å². The summed E-state index contributed by atoms with van der Waals surface area (Å²) in [5, 5.41) is 0. The Kier molecular flexibility index (Phi) is 4.40. The molecule has 3 unspecified atom stereocenters. The highest BCUT2D eigenvalue weighted by atomic mass is 16.5. The summed E-state index contributed by atoms with van der Waals surface area (Å²) in [7, 11) is 0. The van der Waals surface area contributed by atoms with Crippen LogP contribution in [0.2, 0.25) is 0 Å². The van der Waals surface area contributed by atoms with Crippen LogP contribution in [-0.4, -0.2) is 12.7 Å². The Bertz CT molecular complexity index is 156. The minimum Gasteiger partial charge on any atom is -0.377 e. The van der Waals surface area contributed by atoms with Crippen molar-refractivity contribution in [2.24, 2.45) is 17.3 Å². The number of rotatable bonds is 3. The topological polar surface area (TPSA) is 44.2 Å². The second kappa shape index (κ2) is 4.43. The van der Waals surface area contributed by atoms with Gasteiger partial charge in [0.1, 0.15) is 0 Å². The van der Waals surface area contributed by atoms with E-state index in [1.165, 1.54) is 6.42 Å². The maximum absolute atomic E-state index is 5.63. The van der Waals surface area contributed by atoms with Crippen molar-refractivity contribution < 1.29 is 4.74 Å². The predicted molar refractivity (Wildman–Crippen MR) is 57.2 cm³/mol. The van der Waals surface area contributed by atoms with Crippen LogP contribution in [0.15, 0.2) is 0 Å². The molecule has 3 atom stereocenters. The maximum Gasteiger partial charge on any atom is 0.0676 e. The summed E-state index contributed by atoms with van der Waals surface area (Å²) in [6.45, 7) is 12.5. The summed E-state index contributed by atoms with van der Waals surface area (Å²) in [6, 6.07) is 0. The molecule has 0 aliphatic carbocycles. The third kappa shape index (κ3) is 2.44. The summed E-state index contributed by atoms with van der Waals surface area (Å²) in [5.74, 6) is 1.49. The van der Waals surface area contributed by atoms with Crippen LogP contribution < -0.4 is 6.15 Å². The molecule has 1 fully saturated rings. The highest BCUT2D eigenvalue weighted by Gasteiger charge is 2.44. The molecule has 0 aromatic heterocycles.